The maximum atomic E-state index is 13.4. The van der Waals surface area contributed by atoms with Crippen molar-refractivity contribution in [2.75, 3.05) is 11.9 Å². The van der Waals surface area contributed by atoms with E-state index in [1.54, 1.807) is 0 Å². The molecule has 0 bridgehead atoms. The molecule has 4 nitrogen and oxygen atoms in total. The third kappa shape index (κ3) is 4.08. The van der Waals surface area contributed by atoms with Crippen LogP contribution in [0.2, 0.25) is 0 Å². The molecule has 108 valence electrons. The third-order valence-electron chi connectivity index (χ3n) is 2.46. The summed E-state index contributed by atoms with van der Waals surface area (Å²) < 4.78 is 26.9. The van der Waals surface area contributed by atoms with Crippen molar-refractivity contribution in [2.45, 2.75) is 6.42 Å². The van der Waals surface area contributed by atoms with E-state index in [-0.39, 0.29) is 12.1 Å². The summed E-state index contributed by atoms with van der Waals surface area (Å²) in [4.78, 5) is 16.4. The summed E-state index contributed by atoms with van der Waals surface area (Å²) in [5.41, 5.74) is 4.98. The van der Waals surface area contributed by atoms with E-state index < -0.39 is 24.0 Å². The van der Waals surface area contributed by atoms with Crippen LogP contribution in [0.3, 0.4) is 0 Å². The van der Waals surface area contributed by atoms with E-state index in [2.05, 4.69) is 22.1 Å². The maximum Gasteiger partial charge on any atom is 0.230 e. The first-order chi connectivity index (χ1) is 10.1. The molecule has 1 aromatic heterocycles. The van der Waals surface area contributed by atoms with Gasteiger partial charge in [0, 0.05) is 5.56 Å². The molecule has 0 aliphatic heterocycles. The first-order valence-corrected chi connectivity index (χ1v) is 6.79. The maximum absolute atomic E-state index is 13.4. The topological polar surface area (TPSA) is 68.0 Å². The summed E-state index contributed by atoms with van der Waals surface area (Å²) in [6, 6.07) is 3.46. The molecule has 0 fully saturated rings. The second kappa shape index (κ2) is 6.92. The Labute approximate surface area is 124 Å². The number of rotatable bonds is 3. The van der Waals surface area contributed by atoms with Gasteiger partial charge in [0.05, 0.1) is 24.0 Å². The fourth-order valence-corrected chi connectivity index (χ4v) is 2.26. The second-order valence-corrected chi connectivity index (χ2v) is 4.99. The van der Waals surface area contributed by atoms with E-state index >= 15 is 0 Å². The SMILES string of the molecule is NCC#Cc1cnc(NC(=O)Cc2c(F)cccc2F)s1. The van der Waals surface area contributed by atoms with Crippen LogP contribution in [-0.4, -0.2) is 17.4 Å². The quantitative estimate of drug-likeness (QED) is 0.851. The Morgan fingerprint density at radius 1 is 1.38 bits per heavy atom. The number of aromatic nitrogens is 1. The molecule has 3 N–H and O–H groups in total. The van der Waals surface area contributed by atoms with Gasteiger partial charge in [-0.25, -0.2) is 13.8 Å². The highest BCUT2D eigenvalue weighted by Crippen LogP contribution is 2.18. The number of nitrogens with two attached hydrogens (primary N) is 1. The molecule has 2 aromatic rings. The average molecular weight is 307 g/mol. The predicted molar refractivity (Wildman–Crippen MR) is 76.7 cm³/mol. The number of hydrogen-bond donors (Lipinski definition) is 2. The summed E-state index contributed by atoms with van der Waals surface area (Å²) in [5, 5.41) is 2.80. The summed E-state index contributed by atoms with van der Waals surface area (Å²) in [6.07, 6.45) is 1.09. The lowest BCUT2D eigenvalue weighted by Gasteiger charge is -2.04. The molecule has 1 aromatic carbocycles. The third-order valence-corrected chi connectivity index (χ3v) is 3.29. The molecule has 7 heteroatoms. The molecule has 0 saturated heterocycles. The highest BCUT2D eigenvalue weighted by Gasteiger charge is 2.14. The van der Waals surface area contributed by atoms with E-state index in [1.807, 2.05) is 0 Å². The lowest BCUT2D eigenvalue weighted by molar-refractivity contribution is -0.115. The first kappa shape index (κ1) is 15.1. The van der Waals surface area contributed by atoms with Gasteiger partial charge in [-0.3, -0.25) is 4.79 Å². The minimum atomic E-state index is -0.751. The number of halogens is 2. The van der Waals surface area contributed by atoms with Crippen LogP contribution in [0.25, 0.3) is 0 Å². The Hall–Kier alpha value is -2.30. The van der Waals surface area contributed by atoms with Crippen molar-refractivity contribution in [3.8, 4) is 11.8 Å². The summed E-state index contributed by atoms with van der Waals surface area (Å²) in [7, 11) is 0. The Kier molecular flexibility index (Phi) is 4.98. The number of carbonyl (C=O) groups is 1. The summed E-state index contributed by atoms with van der Waals surface area (Å²) in [6.45, 7) is 0.228. The van der Waals surface area contributed by atoms with Crippen molar-refractivity contribution in [3.63, 3.8) is 0 Å². The molecule has 0 unspecified atom stereocenters. The Morgan fingerprint density at radius 2 is 2.10 bits per heavy atom. The minimum Gasteiger partial charge on any atom is -0.320 e. The predicted octanol–water partition coefficient (Wildman–Crippen LogP) is 1.91. The molecule has 21 heavy (non-hydrogen) atoms. The van der Waals surface area contributed by atoms with Gasteiger partial charge in [-0.1, -0.05) is 29.2 Å². The number of benzene rings is 1. The molecule has 0 radical (unpaired) electrons. The lowest BCUT2D eigenvalue weighted by atomic mass is 10.1. The van der Waals surface area contributed by atoms with Gasteiger partial charge in [0.25, 0.3) is 0 Å². The number of thiazole rings is 1. The number of nitrogens with one attached hydrogen (secondary N) is 1. The van der Waals surface area contributed by atoms with Crippen LogP contribution in [0.5, 0.6) is 0 Å². The van der Waals surface area contributed by atoms with Crippen LogP contribution in [-0.2, 0) is 11.2 Å². The summed E-state index contributed by atoms with van der Waals surface area (Å²) >= 11 is 1.16. The molecule has 0 atom stereocenters. The van der Waals surface area contributed by atoms with Crippen LogP contribution in [0.4, 0.5) is 13.9 Å². The fraction of sp³-hybridized carbons (Fsp3) is 0.143. The van der Waals surface area contributed by atoms with Crippen molar-refractivity contribution in [2.24, 2.45) is 5.73 Å². The van der Waals surface area contributed by atoms with Gasteiger partial charge in [-0.2, -0.15) is 0 Å². The van der Waals surface area contributed by atoms with Gasteiger partial charge >= 0.3 is 0 Å². The number of carbonyl (C=O) groups excluding carboxylic acids is 1. The molecular weight excluding hydrogens is 296 g/mol. The Bertz CT molecular complexity index is 698. The van der Waals surface area contributed by atoms with Gasteiger partial charge in [0.15, 0.2) is 5.13 Å². The molecule has 2 rings (SSSR count). The first-order valence-electron chi connectivity index (χ1n) is 5.97. The monoisotopic (exact) mass is 307 g/mol. The molecule has 1 amide bonds. The van der Waals surface area contributed by atoms with Crippen molar-refractivity contribution < 1.29 is 13.6 Å². The Balaban J connectivity index is 2.03. The highest BCUT2D eigenvalue weighted by molar-refractivity contribution is 7.16. The molecule has 1 heterocycles. The van der Waals surface area contributed by atoms with E-state index in [9.17, 15) is 13.6 Å². The van der Waals surface area contributed by atoms with Crippen LogP contribution in [0.1, 0.15) is 10.4 Å². The number of amides is 1. The fourth-order valence-electron chi connectivity index (χ4n) is 1.55. The number of anilines is 1. The average Bonchev–Trinajstić information content (AvgIpc) is 2.88. The number of hydrogen-bond acceptors (Lipinski definition) is 4. The van der Waals surface area contributed by atoms with E-state index in [4.69, 9.17) is 5.73 Å². The van der Waals surface area contributed by atoms with Crippen LogP contribution < -0.4 is 11.1 Å². The van der Waals surface area contributed by atoms with E-state index in [1.165, 1.54) is 12.3 Å². The van der Waals surface area contributed by atoms with Crippen molar-refractivity contribution in [1.29, 1.82) is 0 Å². The zero-order valence-corrected chi connectivity index (χ0v) is 11.6. The largest absolute Gasteiger partial charge is 0.320 e. The Morgan fingerprint density at radius 3 is 2.76 bits per heavy atom. The van der Waals surface area contributed by atoms with Gasteiger partial charge in [0.2, 0.25) is 5.91 Å². The van der Waals surface area contributed by atoms with Crippen molar-refractivity contribution in [3.05, 3.63) is 46.5 Å². The summed E-state index contributed by atoms with van der Waals surface area (Å²) in [5.74, 6) is 3.39. The zero-order valence-electron chi connectivity index (χ0n) is 10.8. The molecule has 0 aliphatic carbocycles. The van der Waals surface area contributed by atoms with Gasteiger partial charge < -0.3 is 11.1 Å². The van der Waals surface area contributed by atoms with Gasteiger partial charge in [0.1, 0.15) is 11.6 Å². The second-order valence-electron chi connectivity index (χ2n) is 3.96. The van der Waals surface area contributed by atoms with Crippen LogP contribution in [0, 0.1) is 23.5 Å². The van der Waals surface area contributed by atoms with Crippen molar-refractivity contribution >= 4 is 22.4 Å². The van der Waals surface area contributed by atoms with E-state index in [0.717, 1.165) is 23.5 Å². The normalized spacial score (nSPS) is 9.86. The van der Waals surface area contributed by atoms with Crippen molar-refractivity contribution in [1.82, 2.24) is 4.98 Å². The molecule has 0 aliphatic rings. The molecule has 0 spiro atoms. The standard InChI is InChI=1S/C14H11F2N3OS/c15-11-4-1-5-12(16)10(11)7-13(20)19-14-18-8-9(21-14)3-2-6-17/h1,4-5,8H,6-7,17H2,(H,18,19,20). The van der Waals surface area contributed by atoms with Crippen LogP contribution in [0.15, 0.2) is 24.4 Å². The van der Waals surface area contributed by atoms with Crippen LogP contribution >= 0.6 is 11.3 Å². The molecule has 0 saturated carbocycles. The number of nitrogens with zero attached hydrogens (tertiary/aromatic N) is 1. The lowest BCUT2D eigenvalue weighted by Crippen LogP contribution is -2.16. The highest BCUT2D eigenvalue weighted by atomic mass is 32.1. The van der Waals surface area contributed by atoms with Gasteiger partial charge in [-0.05, 0) is 12.1 Å². The van der Waals surface area contributed by atoms with E-state index in [0.29, 0.717) is 10.0 Å². The van der Waals surface area contributed by atoms with Gasteiger partial charge in [-0.15, -0.1) is 0 Å². The smallest absolute Gasteiger partial charge is 0.230 e. The zero-order chi connectivity index (χ0) is 15.2. The minimum absolute atomic E-state index is 0.228. The molecular formula is C14H11F2N3OS.